The lowest BCUT2D eigenvalue weighted by molar-refractivity contribution is -0.156. The quantitative estimate of drug-likeness (QED) is 0.682. The fourth-order valence-corrected chi connectivity index (χ4v) is 3.20. The summed E-state index contributed by atoms with van der Waals surface area (Å²) in [5.41, 5.74) is 5.51. The molecule has 2 aromatic carbocycles. The molecule has 134 valence electrons. The van der Waals surface area contributed by atoms with Crippen molar-refractivity contribution in [2.75, 3.05) is 7.11 Å². The van der Waals surface area contributed by atoms with Gasteiger partial charge in [0.05, 0.1) is 13.2 Å². The van der Waals surface area contributed by atoms with Crippen LogP contribution in [-0.2, 0) is 0 Å². The maximum atomic E-state index is 13.5. The van der Waals surface area contributed by atoms with Crippen molar-refractivity contribution in [1.29, 1.82) is 0 Å². The summed E-state index contributed by atoms with van der Waals surface area (Å²) in [6, 6.07) is 7.53. The third-order valence-electron chi connectivity index (χ3n) is 4.31. The maximum absolute atomic E-state index is 13.5. The van der Waals surface area contributed by atoms with Gasteiger partial charge >= 0.3 is 6.18 Å². The Morgan fingerprint density at radius 1 is 1.00 bits per heavy atom. The van der Waals surface area contributed by atoms with Gasteiger partial charge in [-0.25, -0.2) is 10.9 Å². The molecule has 3 unspecified atom stereocenters. The molecule has 0 radical (unpaired) electrons. The van der Waals surface area contributed by atoms with Gasteiger partial charge < -0.3 is 14.9 Å². The van der Waals surface area contributed by atoms with E-state index in [-0.39, 0.29) is 17.1 Å². The van der Waals surface area contributed by atoms with E-state index in [9.17, 15) is 23.4 Å². The Kier molecular flexibility index (Phi) is 4.49. The number of methoxy groups -OCH3 is 1. The van der Waals surface area contributed by atoms with E-state index in [0.29, 0.717) is 11.3 Å². The van der Waals surface area contributed by atoms with Gasteiger partial charge in [-0.3, -0.25) is 0 Å². The highest BCUT2D eigenvalue weighted by Gasteiger charge is 2.53. The number of para-hydroxylation sites is 1. The number of halogens is 3. The smallest absolute Gasteiger partial charge is 0.405 e. The molecule has 1 heterocycles. The van der Waals surface area contributed by atoms with Crippen molar-refractivity contribution < 1.29 is 28.1 Å². The Balaban J connectivity index is 2.11. The Morgan fingerprint density at radius 2 is 1.72 bits per heavy atom. The first kappa shape index (κ1) is 17.4. The average molecular weight is 354 g/mol. The summed E-state index contributed by atoms with van der Waals surface area (Å²) in [7, 11) is 1.39. The number of hydrogen-bond acceptors (Lipinski definition) is 5. The van der Waals surface area contributed by atoms with Crippen LogP contribution in [0.15, 0.2) is 42.5 Å². The minimum Gasteiger partial charge on any atom is -0.508 e. The van der Waals surface area contributed by atoms with Crippen LogP contribution in [0.5, 0.6) is 17.2 Å². The SMILES string of the molecule is COc1ccccc1C1C(c2ccc(O)cc2O)NNC1C(F)(F)F. The molecule has 3 rings (SSSR count). The van der Waals surface area contributed by atoms with Crippen molar-refractivity contribution in [3.8, 4) is 17.2 Å². The summed E-state index contributed by atoms with van der Waals surface area (Å²) in [6.07, 6.45) is -4.51. The number of nitrogens with one attached hydrogen (secondary N) is 2. The summed E-state index contributed by atoms with van der Waals surface area (Å²) in [4.78, 5) is 0. The highest BCUT2D eigenvalue weighted by atomic mass is 19.4. The first-order valence-electron chi connectivity index (χ1n) is 7.55. The predicted octanol–water partition coefficient (Wildman–Crippen LogP) is 2.97. The van der Waals surface area contributed by atoms with Crippen LogP contribution in [0, 0.1) is 0 Å². The highest BCUT2D eigenvalue weighted by Crippen LogP contribution is 2.47. The van der Waals surface area contributed by atoms with Gasteiger partial charge in [-0.2, -0.15) is 13.2 Å². The monoisotopic (exact) mass is 354 g/mol. The zero-order valence-electron chi connectivity index (χ0n) is 13.2. The summed E-state index contributed by atoms with van der Waals surface area (Å²) >= 11 is 0. The highest BCUT2D eigenvalue weighted by molar-refractivity contribution is 5.46. The van der Waals surface area contributed by atoms with E-state index in [1.54, 1.807) is 24.3 Å². The second-order valence-corrected chi connectivity index (χ2v) is 5.80. The number of rotatable bonds is 3. The van der Waals surface area contributed by atoms with Crippen LogP contribution in [-0.4, -0.2) is 29.5 Å². The van der Waals surface area contributed by atoms with Crippen LogP contribution in [0.4, 0.5) is 13.2 Å². The molecular formula is C17H17F3N2O3. The predicted molar refractivity (Wildman–Crippen MR) is 84.4 cm³/mol. The van der Waals surface area contributed by atoms with Gasteiger partial charge in [0.25, 0.3) is 0 Å². The fraction of sp³-hybridized carbons (Fsp3) is 0.294. The Labute approximate surface area is 142 Å². The molecule has 0 bridgehead atoms. The van der Waals surface area contributed by atoms with E-state index < -0.39 is 24.2 Å². The van der Waals surface area contributed by atoms with Crippen molar-refractivity contribution in [3.05, 3.63) is 53.6 Å². The summed E-state index contributed by atoms with van der Waals surface area (Å²) < 4.78 is 45.8. The molecule has 0 saturated carbocycles. The second kappa shape index (κ2) is 6.45. The lowest BCUT2D eigenvalue weighted by Gasteiger charge is -2.27. The van der Waals surface area contributed by atoms with Crippen LogP contribution in [0.1, 0.15) is 23.1 Å². The Hall–Kier alpha value is -2.45. The van der Waals surface area contributed by atoms with Crippen LogP contribution < -0.4 is 15.6 Å². The number of ether oxygens (including phenoxy) is 1. The molecule has 0 amide bonds. The summed E-state index contributed by atoms with van der Waals surface area (Å²) in [6.45, 7) is 0. The molecule has 5 nitrogen and oxygen atoms in total. The molecule has 8 heteroatoms. The number of benzene rings is 2. The van der Waals surface area contributed by atoms with Gasteiger partial charge in [-0.15, -0.1) is 0 Å². The number of hydrazine groups is 1. The molecule has 4 N–H and O–H groups in total. The summed E-state index contributed by atoms with van der Waals surface area (Å²) in [5.74, 6) is -1.21. The van der Waals surface area contributed by atoms with Crippen molar-refractivity contribution in [2.24, 2.45) is 0 Å². The average Bonchev–Trinajstić information content (AvgIpc) is 2.99. The van der Waals surface area contributed by atoms with Crippen molar-refractivity contribution in [1.82, 2.24) is 10.9 Å². The Bertz CT molecular complexity index is 767. The number of hydrogen-bond donors (Lipinski definition) is 4. The third-order valence-corrected chi connectivity index (χ3v) is 4.31. The van der Waals surface area contributed by atoms with Gasteiger partial charge in [0, 0.05) is 23.1 Å². The number of aromatic hydroxyl groups is 2. The molecular weight excluding hydrogens is 337 g/mol. The van der Waals surface area contributed by atoms with E-state index in [1.807, 2.05) is 0 Å². The molecule has 1 aliphatic rings. The van der Waals surface area contributed by atoms with Crippen LogP contribution >= 0.6 is 0 Å². The maximum Gasteiger partial charge on any atom is 0.405 e. The largest absolute Gasteiger partial charge is 0.508 e. The van der Waals surface area contributed by atoms with Gasteiger partial charge in [0.15, 0.2) is 0 Å². The second-order valence-electron chi connectivity index (χ2n) is 5.80. The molecule has 1 fully saturated rings. The van der Waals surface area contributed by atoms with Crippen LogP contribution in [0.3, 0.4) is 0 Å². The lowest BCUT2D eigenvalue weighted by atomic mass is 9.82. The standard InChI is InChI=1S/C17H17F3N2O3/c1-25-13-5-3-2-4-11(13)14-15(21-22-16(14)17(18,19)20)10-7-6-9(23)8-12(10)24/h2-8,14-16,21-24H,1H3. The minimum absolute atomic E-state index is 0.173. The first-order chi connectivity index (χ1) is 11.8. The zero-order chi connectivity index (χ0) is 18.2. The molecule has 0 aromatic heterocycles. The normalized spacial score (nSPS) is 23.6. The lowest BCUT2D eigenvalue weighted by Crippen LogP contribution is -2.43. The van der Waals surface area contributed by atoms with E-state index in [2.05, 4.69) is 10.9 Å². The van der Waals surface area contributed by atoms with Crippen molar-refractivity contribution in [3.63, 3.8) is 0 Å². The first-order valence-corrected chi connectivity index (χ1v) is 7.55. The van der Waals surface area contributed by atoms with Crippen LogP contribution in [0.2, 0.25) is 0 Å². The molecule has 25 heavy (non-hydrogen) atoms. The van der Waals surface area contributed by atoms with E-state index in [0.717, 1.165) is 6.07 Å². The zero-order valence-corrected chi connectivity index (χ0v) is 13.2. The van der Waals surface area contributed by atoms with Gasteiger partial charge in [0.2, 0.25) is 0 Å². The van der Waals surface area contributed by atoms with Crippen LogP contribution in [0.25, 0.3) is 0 Å². The molecule has 3 atom stereocenters. The Morgan fingerprint density at radius 3 is 2.36 bits per heavy atom. The van der Waals surface area contributed by atoms with Gasteiger partial charge in [-0.1, -0.05) is 24.3 Å². The van der Waals surface area contributed by atoms with E-state index in [4.69, 9.17) is 4.74 Å². The molecule has 2 aromatic rings. The van der Waals surface area contributed by atoms with E-state index >= 15 is 0 Å². The topological polar surface area (TPSA) is 73.8 Å². The number of phenols is 2. The fourth-order valence-electron chi connectivity index (χ4n) is 3.20. The molecule has 1 aliphatic heterocycles. The molecule has 0 spiro atoms. The molecule has 0 aliphatic carbocycles. The third kappa shape index (κ3) is 3.22. The van der Waals surface area contributed by atoms with E-state index in [1.165, 1.54) is 19.2 Å². The minimum atomic E-state index is -4.51. The number of alkyl halides is 3. The van der Waals surface area contributed by atoms with Crippen molar-refractivity contribution in [2.45, 2.75) is 24.2 Å². The van der Waals surface area contributed by atoms with Gasteiger partial charge in [0.1, 0.15) is 23.3 Å². The molecule has 1 saturated heterocycles. The number of phenolic OH excluding ortho intramolecular Hbond substituents is 2. The van der Waals surface area contributed by atoms with Gasteiger partial charge in [-0.05, 0) is 12.1 Å². The summed E-state index contributed by atoms with van der Waals surface area (Å²) in [5, 5.41) is 19.5. The van der Waals surface area contributed by atoms with Crippen molar-refractivity contribution >= 4 is 0 Å².